The Balaban J connectivity index is 0.000000171. The number of fused-ring (bicyclic) bond motifs is 8. The maximum Gasteiger partial charge on any atom is 0.426 e. The molecule has 0 aromatic heterocycles. The van der Waals surface area contributed by atoms with Crippen LogP contribution in [0.4, 0.5) is 75.9 Å². The molecule has 1 aliphatic carbocycles. The van der Waals surface area contributed by atoms with Crippen molar-refractivity contribution in [2.24, 2.45) is 0 Å². The predicted molar refractivity (Wildman–Crippen MR) is 479 cm³/mol. The van der Waals surface area contributed by atoms with Gasteiger partial charge in [0, 0.05) is 11.1 Å². The second kappa shape index (κ2) is 33.8. The molecule has 14 rings (SSSR count). The molecule has 1 fully saturated rings. The molecule has 123 heavy (non-hydrogen) atoms. The van der Waals surface area contributed by atoms with E-state index in [1.54, 1.807) is 24.3 Å². The van der Waals surface area contributed by atoms with E-state index in [1.165, 1.54) is 111 Å². The van der Waals surface area contributed by atoms with Crippen LogP contribution in [0.3, 0.4) is 0 Å². The average molecular weight is 1710 g/mol. The lowest BCUT2D eigenvalue weighted by atomic mass is 9.67. The molecule has 0 heterocycles. The van der Waals surface area contributed by atoms with E-state index in [2.05, 4.69) is 186 Å². The number of hydrogen-bond donors (Lipinski definition) is 0. The Bertz CT molecular complexity index is 6120. The summed E-state index contributed by atoms with van der Waals surface area (Å²) in [6.45, 7) is 58.4. The highest BCUT2D eigenvalue weighted by Crippen LogP contribution is 2.73. The van der Waals surface area contributed by atoms with Gasteiger partial charge in [0.1, 0.15) is 5.82 Å². The molecule has 0 saturated heterocycles. The number of aryl methyl sites for hydroxylation is 5. The number of benzene rings is 13. The second-order valence-electron chi connectivity index (χ2n) is 39.2. The lowest BCUT2D eigenvalue weighted by Gasteiger charge is -2.53. The first kappa shape index (κ1) is 96.9. The van der Waals surface area contributed by atoms with Gasteiger partial charge in [-0.2, -0.15) is 57.1 Å². The van der Waals surface area contributed by atoms with E-state index in [4.69, 9.17) is 6.57 Å². The van der Waals surface area contributed by atoms with Crippen molar-refractivity contribution in [2.45, 2.75) is 266 Å². The molecule has 1 unspecified atom stereocenters. The predicted octanol–water partition coefficient (Wildman–Crippen LogP) is 34.4. The van der Waals surface area contributed by atoms with E-state index in [9.17, 15) is 65.9 Å². The molecular weight excluding hydrogens is 1590 g/mol. The topological polar surface area (TPSA) is 4.36 Å². The smallest absolute Gasteiger partial charge is 0.238 e. The molecular formula is C106H113F16N. The minimum absolute atomic E-state index is 0.0637. The summed E-state index contributed by atoms with van der Waals surface area (Å²) in [6, 6.07) is 64.1. The van der Waals surface area contributed by atoms with Crippen molar-refractivity contribution in [3.63, 3.8) is 0 Å². The van der Waals surface area contributed by atoms with Gasteiger partial charge in [0.15, 0.2) is 5.69 Å². The van der Waals surface area contributed by atoms with Gasteiger partial charge in [0.25, 0.3) is 5.67 Å². The summed E-state index contributed by atoms with van der Waals surface area (Å²) in [5, 5.41) is 12.6. The number of nitrogens with zero attached hydrogens (tertiary/aromatic N) is 1. The minimum Gasteiger partial charge on any atom is -0.238 e. The number of rotatable bonds is 3. The van der Waals surface area contributed by atoms with Crippen LogP contribution < -0.4 is 0 Å². The minimum atomic E-state index is -7.24. The van der Waals surface area contributed by atoms with E-state index in [1.807, 2.05) is 110 Å². The Labute approximate surface area is 714 Å². The highest BCUT2D eigenvalue weighted by molar-refractivity contribution is 6.10. The van der Waals surface area contributed by atoms with Crippen molar-refractivity contribution >= 4 is 81.1 Å². The molecule has 654 valence electrons. The fraction of sp³-hybridized carbons (Fsp3) is 0.387. The van der Waals surface area contributed by atoms with Crippen LogP contribution in [-0.4, -0.2) is 35.8 Å². The van der Waals surface area contributed by atoms with Crippen LogP contribution in [0.15, 0.2) is 206 Å². The molecule has 1 nitrogen and oxygen atoms in total. The standard InChI is InChI=1S/C21H17F11.C21H24.C18H20F4.C16H17N.C15H17F.C15H18/c1-10-11-7-5-6-8-12(11)14(9-13(10)15(2,3)4)16(22)17(23,24)19(27,28)21(31,32)20(29,30)18(16,25)26;1-14(2)19-13-17(21(3,4)5)12-16-11-10-15-8-6-7-9-18(15)20(16)19;1-11-12-8-6-7-9-13(12)15(10-14(11)16(2,3)4)17(5,19)18(20,21)22;1-11-12-8-6-7-9-13(12)15(17-5)10-14(11)16(2,3)4;1-10-12-8-6-5-7-11(12)9-13(14(10)16)15(2,3)4;1-11-9-13(15(2,3)4)10-12-7-5-6-8-14(11)12/h5-9H,1-4H3;6-14H,1-5H3;6-10H,1-5H3;6-10H,1-4H3;5-9H,1-4H3;5-10H,1-4H3. The molecule has 0 spiro atoms. The zero-order valence-electron chi connectivity index (χ0n) is 75.2. The van der Waals surface area contributed by atoms with E-state index < -0.39 is 63.5 Å². The van der Waals surface area contributed by atoms with Crippen molar-refractivity contribution in [2.75, 3.05) is 0 Å². The summed E-state index contributed by atoms with van der Waals surface area (Å²) in [5.41, 5.74) is -0.583. The summed E-state index contributed by atoms with van der Waals surface area (Å²) < 4.78 is 226. The third-order valence-electron chi connectivity index (χ3n) is 23.6. The SMILES string of the molecule is CC(C)c1cc(C(C)(C)C)cc2ccc3ccccc3c12.Cc1c(C(C)(C)C)cc(C(C)(F)C(F)(F)F)c2ccccc12.Cc1c(C(C)(C)C)cc(C2(F)C(F)(F)C(F)(F)C(F)(F)C(F)(F)C2(F)F)c2ccccc12.Cc1c(F)c(C(C)(C)C)cc2ccccc12.Cc1cc(C(C)(C)C)cc2ccccc12.[C-]#[N+]c1cc(C(C)(C)C)c(C)c2ccccc12. The summed E-state index contributed by atoms with van der Waals surface area (Å²) in [6.07, 6.45) is -4.96. The quantitative estimate of drug-likeness (QED) is 0.0943. The molecule has 1 aliphatic rings. The van der Waals surface area contributed by atoms with Gasteiger partial charge in [-0.05, 0) is 228 Å². The summed E-state index contributed by atoms with van der Waals surface area (Å²) in [5.74, 6) is -34.9. The first-order chi connectivity index (χ1) is 56.2. The van der Waals surface area contributed by atoms with Gasteiger partial charge < -0.3 is 0 Å². The van der Waals surface area contributed by atoms with Crippen LogP contribution in [0.5, 0.6) is 0 Å². The summed E-state index contributed by atoms with van der Waals surface area (Å²) in [7, 11) is 0. The molecule has 1 atom stereocenters. The fourth-order valence-electron chi connectivity index (χ4n) is 16.4. The van der Waals surface area contributed by atoms with Crippen molar-refractivity contribution in [3.8, 4) is 0 Å². The molecule has 1 saturated carbocycles. The van der Waals surface area contributed by atoms with E-state index >= 15 is 4.39 Å². The average Bonchev–Trinajstić information content (AvgIpc) is 0.652. The van der Waals surface area contributed by atoms with E-state index in [-0.39, 0.29) is 55.0 Å². The summed E-state index contributed by atoms with van der Waals surface area (Å²) >= 11 is 0. The fourth-order valence-corrected chi connectivity index (χ4v) is 16.4. The Kier molecular flexibility index (Phi) is 26.7. The Morgan fingerprint density at radius 2 is 0.642 bits per heavy atom. The number of halogens is 16. The van der Waals surface area contributed by atoms with Crippen LogP contribution in [0.1, 0.15) is 229 Å². The van der Waals surface area contributed by atoms with Gasteiger partial charge in [-0.1, -0.05) is 339 Å². The van der Waals surface area contributed by atoms with Crippen LogP contribution in [0.2, 0.25) is 0 Å². The maximum atomic E-state index is 15.8. The molecule has 13 aromatic carbocycles. The maximum absolute atomic E-state index is 15.8. The van der Waals surface area contributed by atoms with Gasteiger partial charge in [-0.25, -0.2) is 18.0 Å². The third-order valence-corrected chi connectivity index (χ3v) is 23.6. The lowest BCUT2D eigenvalue weighted by molar-refractivity contribution is -0.489. The van der Waals surface area contributed by atoms with Gasteiger partial charge in [-0.15, -0.1) is 0 Å². The Morgan fingerprint density at radius 1 is 0.301 bits per heavy atom. The normalized spacial score (nSPS) is 16.1. The molecule has 0 radical (unpaired) electrons. The third kappa shape index (κ3) is 18.1. The Morgan fingerprint density at radius 3 is 1.08 bits per heavy atom. The van der Waals surface area contributed by atoms with Crippen LogP contribution >= 0.6 is 0 Å². The highest BCUT2D eigenvalue weighted by atomic mass is 19.4. The van der Waals surface area contributed by atoms with Gasteiger partial charge in [0.2, 0.25) is 5.67 Å². The molecule has 0 amide bonds. The summed E-state index contributed by atoms with van der Waals surface area (Å²) in [4.78, 5) is 3.66. The van der Waals surface area contributed by atoms with Crippen LogP contribution in [-0.2, 0) is 43.8 Å². The van der Waals surface area contributed by atoms with Crippen LogP contribution in [0.25, 0.3) is 80.3 Å². The zero-order chi connectivity index (χ0) is 92.6. The van der Waals surface area contributed by atoms with Gasteiger partial charge in [0.05, 0.1) is 6.57 Å². The monoisotopic (exact) mass is 1700 g/mol. The largest absolute Gasteiger partial charge is 0.426 e. The first-order valence-corrected chi connectivity index (χ1v) is 41.2. The van der Waals surface area contributed by atoms with Crippen molar-refractivity contribution in [1.82, 2.24) is 0 Å². The lowest BCUT2D eigenvalue weighted by Crippen LogP contribution is -2.82. The van der Waals surface area contributed by atoms with Crippen molar-refractivity contribution in [1.29, 1.82) is 0 Å². The van der Waals surface area contributed by atoms with Gasteiger partial charge >= 0.3 is 35.8 Å². The van der Waals surface area contributed by atoms with E-state index in [0.29, 0.717) is 29.7 Å². The highest BCUT2D eigenvalue weighted by Gasteiger charge is 3.01. The Hall–Kier alpha value is -9.95. The molecule has 0 bridgehead atoms. The van der Waals surface area contributed by atoms with Crippen molar-refractivity contribution in [3.05, 3.63) is 301 Å². The zero-order valence-corrected chi connectivity index (χ0v) is 75.2. The first-order valence-electron chi connectivity index (χ1n) is 41.2. The van der Waals surface area contributed by atoms with Gasteiger partial charge in [-0.3, -0.25) is 0 Å². The molecule has 17 heteroatoms. The molecule has 0 N–H and O–H groups in total. The molecule has 0 aliphatic heterocycles. The van der Waals surface area contributed by atoms with Crippen LogP contribution in [0, 0.1) is 47.0 Å². The van der Waals surface area contributed by atoms with Crippen molar-refractivity contribution < 1.29 is 70.2 Å². The number of alkyl halides is 15. The van der Waals surface area contributed by atoms with E-state index in [0.717, 1.165) is 62.3 Å². The molecule has 13 aromatic rings. The number of hydrogen-bond acceptors (Lipinski definition) is 0. The second-order valence-corrected chi connectivity index (χ2v) is 39.2.